The maximum absolute atomic E-state index is 13.1. The van der Waals surface area contributed by atoms with Crippen molar-refractivity contribution in [3.63, 3.8) is 0 Å². The van der Waals surface area contributed by atoms with Crippen LogP contribution in [0.3, 0.4) is 0 Å². The summed E-state index contributed by atoms with van der Waals surface area (Å²) in [6.45, 7) is -0.264. The number of rotatable bonds is 5. The molecule has 0 unspecified atom stereocenters. The Kier molecular flexibility index (Phi) is 4.01. The fourth-order valence-corrected chi connectivity index (χ4v) is 2.45. The molecule has 134 valence electrons. The molecule has 8 nitrogen and oxygen atoms in total. The van der Waals surface area contributed by atoms with E-state index in [1.165, 1.54) is 13.2 Å². The van der Waals surface area contributed by atoms with E-state index in [1.54, 1.807) is 0 Å². The van der Waals surface area contributed by atoms with E-state index in [0.717, 1.165) is 28.4 Å². The van der Waals surface area contributed by atoms with E-state index in [1.807, 2.05) is 0 Å². The van der Waals surface area contributed by atoms with E-state index in [0.29, 0.717) is 0 Å². The molecule has 3 rings (SSSR count). The lowest BCUT2D eigenvalue weighted by atomic mass is 10.2. The molecule has 2 aromatic rings. The summed E-state index contributed by atoms with van der Waals surface area (Å²) in [4.78, 5) is 23.3. The second-order valence-electron chi connectivity index (χ2n) is 5.73. The zero-order chi connectivity index (χ0) is 18.4. The van der Waals surface area contributed by atoms with Crippen LogP contribution in [0.5, 0.6) is 0 Å². The molecule has 25 heavy (non-hydrogen) atoms. The summed E-state index contributed by atoms with van der Waals surface area (Å²) in [5.41, 5.74) is -1.79. The van der Waals surface area contributed by atoms with Crippen molar-refractivity contribution >= 4 is 11.9 Å². The summed E-state index contributed by atoms with van der Waals surface area (Å²) < 4.78 is 41.6. The van der Waals surface area contributed by atoms with Gasteiger partial charge in [-0.2, -0.15) is 23.4 Å². The summed E-state index contributed by atoms with van der Waals surface area (Å²) in [5.74, 6) is -2.22. The van der Waals surface area contributed by atoms with Gasteiger partial charge in [0.15, 0.2) is 11.4 Å². The van der Waals surface area contributed by atoms with Crippen LogP contribution in [-0.2, 0) is 19.8 Å². The van der Waals surface area contributed by atoms with Gasteiger partial charge in [0.05, 0.1) is 17.8 Å². The zero-order valence-corrected chi connectivity index (χ0v) is 13.0. The van der Waals surface area contributed by atoms with Gasteiger partial charge in [-0.05, 0) is 12.8 Å². The molecule has 2 N–H and O–H groups in total. The molecule has 1 amide bonds. The number of aryl methyl sites for hydroxylation is 1. The van der Waals surface area contributed by atoms with Crippen LogP contribution in [0.15, 0.2) is 12.4 Å². The van der Waals surface area contributed by atoms with Gasteiger partial charge in [-0.15, -0.1) is 0 Å². The van der Waals surface area contributed by atoms with Crippen molar-refractivity contribution in [2.24, 2.45) is 7.05 Å². The maximum Gasteiger partial charge on any atom is 0.435 e. The van der Waals surface area contributed by atoms with Crippen molar-refractivity contribution in [2.75, 3.05) is 0 Å². The fourth-order valence-electron chi connectivity index (χ4n) is 2.45. The highest BCUT2D eigenvalue weighted by Gasteiger charge is 2.40. The summed E-state index contributed by atoms with van der Waals surface area (Å²) in [7, 11) is 1.41. The Morgan fingerprint density at radius 2 is 2.08 bits per heavy atom. The van der Waals surface area contributed by atoms with Crippen molar-refractivity contribution in [2.45, 2.75) is 31.6 Å². The predicted molar refractivity (Wildman–Crippen MR) is 76.8 cm³/mol. The molecule has 0 aromatic carbocycles. The smallest absolute Gasteiger partial charge is 0.435 e. The summed E-state index contributed by atoms with van der Waals surface area (Å²) in [6, 6.07) is -0.111. The molecule has 11 heteroatoms. The highest BCUT2D eigenvalue weighted by molar-refractivity contribution is 5.95. The van der Waals surface area contributed by atoms with Crippen LogP contribution in [0.4, 0.5) is 13.2 Å². The molecule has 0 saturated heterocycles. The van der Waals surface area contributed by atoms with E-state index in [-0.39, 0.29) is 23.8 Å². The number of halogens is 3. The first-order valence-corrected chi connectivity index (χ1v) is 7.37. The molecule has 2 aromatic heterocycles. The standard InChI is InChI=1S/C14H14F3N5O3/c1-21-10(13(24)25)7(5-19-21)4-18-12(23)9-6-22(8-2-3-8)20-11(9)14(15,16)17/h5-6,8H,2-4H2,1H3,(H,18,23)(H,24,25). The topological polar surface area (TPSA) is 102 Å². The molecule has 1 aliphatic rings. The first-order chi connectivity index (χ1) is 11.7. The van der Waals surface area contributed by atoms with Crippen molar-refractivity contribution in [1.29, 1.82) is 0 Å². The van der Waals surface area contributed by atoms with Gasteiger partial charge in [-0.25, -0.2) is 4.79 Å². The van der Waals surface area contributed by atoms with Gasteiger partial charge < -0.3 is 10.4 Å². The number of nitrogens with zero attached hydrogens (tertiary/aromatic N) is 4. The van der Waals surface area contributed by atoms with Crippen molar-refractivity contribution in [3.05, 3.63) is 34.9 Å². The van der Waals surface area contributed by atoms with Crippen LogP contribution < -0.4 is 5.32 Å². The number of carbonyl (C=O) groups is 2. The summed E-state index contributed by atoms with van der Waals surface area (Å²) >= 11 is 0. The third-order valence-corrected chi connectivity index (χ3v) is 3.82. The molecule has 1 aliphatic carbocycles. The minimum absolute atomic E-state index is 0.111. The van der Waals surface area contributed by atoms with Gasteiger partial charge in [-0.3, -0.25) is 14.2 Å². The average molecular weight is 357 g/mol. The minimum atomic E-state index is -4.76. The lowest BCUT2D eigenvalue weighted by Gasteiger charge is -2.07. The number of nitrogens with one attached hydrogen (secondary N) is 1. The van der Waals surface area contributed by atoms with E-state index in [4.69, 9.17) is 5.11 Å². The van der Waals surface area contributed by atoms with E-state index < -0.39 is 29.3 Å². The van der Waals surface area contributed by atoms with Gasteiger partial charge in [0.1, 0.15) is 0 Å². The van der Waals surface area contributed by atoms with E-state index in [9.17, 15) is 22.8 Å². The van der Waals surface area contributed by atoms with Crippen LogP contribution in [0.2, 0.25) is 0 Å². The fraction of sp³-hybridized carbons (Fsp3) is 0.429. The number of aromatic nitrogens is 4. The molecular weight excluding hydrogens is 343 g/mol. The number of carboxylic acids is 1. The third-order valence-electron chi connectivity index (χ3n) is 3.82. The Bertz CT molecular complexity index is 835. The largest absolute Gasteiger partial charge is 0.477 e. The number of carboxylic acid groups (broad SMARTS) is 1. The number of alkyl halides is 3. The molecule has 1 fully saturated rings. The van der Waals surface area contributed by atoms with Crippen LogP contribution in [-0.4, -0.2) is 36.5 Å². The number of hydrogen-bond acceptors (Lipinski definition) is 4. The Balaban J connectivity index is 1.81. The predicted octanol–water partition coefficient (Wildman–Crippen LogP) is 1.60. The molecular formula is C14H14F3N5O3. The Hall–Kier alpha value is -2.85. The summed E-state index contributed by atoms with van der Waals surface area (Å²) in [6.07, 6.45) is -0.998. The van der Waals surface area contributed by atoms with E-state index in [2.05, 4.69) is 15.5 Å². The zero-order valence-electron chi connectivity index (χ0n) is 13.0. The first kappa shape index (κ1) is 17.0. The van der Waals surface area contributed by atoms with Gasteiger partial charge in [0.2, 0.25) is 0 Å². The highest BCUT2D eigenvalue weighted by atomic mass is 19.4. The van der Waals surface area contributed by atoms with Gasteiger partial charge in [-0.1, -0.05) is 0 Å². The number of hydrogen-bond donors (Lipinski definition) is 2. The highest BCUT2D eigenvalue weighted by Crippen LogP contribution is 2.37. The van der Waals surface area contributed by atoms with Crippen LogP contribution >= 0.6 is 0 Å². The van der Waals surface area contributed by atoms with Crippen molar-refractivity contribution in [1.82, 2.24) is 24.9 Å². The van der Waals surface area contributed by atoms with Crippen molar-refractivity contribution < 1.29 is 27.9 Å². The lowest BCUT2D eigenvalue weighted by molar-refractivity contribution is -0.141. The molecule has 0 spiro atoms. The summed E-state index contributed by atoms with van der Waals surface area (Å²) in [5, 5.41) is 18.7. The quantitative estimate of drug-likeness (QED) is 0.846. The normalized spacial score (nSPS) is 14.6. The molecule has 1 saturated carbocycles. The molecule has 0 bridgehead atoms. The lowest BCUT2D eigenvalue weighted by Crippen LogP contribution is -2.26. The van der Waals surface area contributed by atoms with Gasteiger partial charge >= 0.3 is 12.1 Å². The monoisotopic (exact) mass is 357 g/mol. The molecule has 0 aliphatic heterocycles. The van der Waals surface area contributed by atoms with Crippen LogP contribution in [0.1, 0.15) is 51.0 Å². The Morgan fingerprint density at radius 1 is 1.40 bits per heavy atom. The SMILES string of the molecule is Cn1ncc(CNC(=O)c2cn(C3CC3)nc2C(F)(F)F)c1C(=O)O. The van der Waals surface area contributed by atoms with Gasteiger partial charge in [0.25, 0.3) is 5.91 Å². The van der Waals surface area contributed by atoms with E-state index >= 15 is 0 Å². The third kappa shape index (κ3) is 3.35. The maximum atomic E-state index is 13.1. The molecule has 2 heterocycles. The van der Waals surface area contributed by atoms with Crippen LogP contribution in [0, 0.1) is 0 Å². The van der Waals surface area contributed by atoms with Crippen molar-refractivity contribution in [3.8, 4) is 0 Å². The second kappa shape index (κ2) is 5.90. The molecule has 0 radical (unpaired) electrons. The second-order valence-corrected chi connectivity index (χ2v) is 5.73. The minimum Gasteiger partial charge on any atom is -0.477 e. The molecule has 0 atom stereocenters. The number of carbonyl (C=O) groups excluding carboxylic acids is 1. The van der Waals surface area contributed by atoms with Crippen LogP contribution in [0.25, 0.3) is 0 Å². The Labute approximate surface area is 139 Å². The Morgan fingerprint density at radius 3 is 2.64 bits per heavy atom. The number of amides is 1. The first-order valence-electron chi connectivity index (χ1n) is 7.37. The average Bonchev–Trinajstić information content (AvgIpc) is 3.13. The van der Waals surface area contributed by atoms with Gasteiger partial charge in [0, 0.05) is 25.4 Å². The number of aromatic carboxylic acids is 1.